The maximum Gasteiger partial charge on any atom is 0.334 e. The lowest BCUT2D eigenvalue weighted by Crippen LogP contribution is -2.32. The molecule has 2 atom stereocenters. The summed E-state index contributed by atoms with van der Waals surface area (Å²) in [4.78, 5) is 38.1. The van der Waals surface area contributed by atoms with Crippen LogP contribution in [0.4, 0.5) is 5.69 Å². The number of para-hydroxylation sites is 1. The zero-order chi connectivity index (χ0) is 15.0. The predicted molar refractivity (Wildman–Crippen MR) is 75.2 cm³/mol. The molecule has 21 heavy (non-hydrogen) atoms. The van der Waals surface area contributed by atoms with Crippen molar-refractivity contribution in [2.45, 2.75) is 13.3 Å². The number of hydrogen-bond acceptors (Lipinski definition) is 4. The fourth-order valence-corrected chi connectivity index (χ4v) is 2.95. The van der Waals surface area contributed by atoms with E-state index in [1.165, 1.54) is 4.90 Å². The normalized spacial score (nSPS) is 24.0. The van der Waals surface area contributed by atoms with Crippen molar-refractivity contribution in [3.63, 3.8) is 0 Å². The Morgan fingerprint density at radius 3 is 2.62 bits per heavy atom. The van der Waals surface area contributed by atoms with E-state index >= 15 is 0 Å². The van der Waals surface area contributed by atoms with Gasteiger partial charge in [0, 0.05) is 5.57 Å². The number of esters is 1. The van der Waals surface area contributed by atoms with Gasteiger partial charge in [0.2, 0.25) is 11.8 Å². The highest BCUT2D eigenvalue weighted by Gasteiger charge is 2.53. The summed E-state index contributed by atoms with van der Waals surface area (Å²) in [6, 6.07) is 8.78. The van der Waals surface area contributed by atoms with E-state index in [2.05, 4.69) is 0 Å². The van der Waals surface area contributed by atoms with Gasteiger partial charge in [-0.2, -0.15) is 0 Å². The van der Waals surface area contributed by atoms with Crippen molar-refractivity contribution < 1.29 is 19.1 Å². The van der Waals surface area contributed by atoms with Crippen LogP contribution in [0, 0.1) is 11.8 Å². The van der Waals surface area contributed by atoms with E-state index in [4.69, 9.17) is 4.74 Å². The molecular formula is C16H15NO4. The number of fused-ring (bicyclic) bond motifs is 1. The second-order valence-electron chi connectivity index (χ2n) is 5.05. The number of carbonyl (C=O) groups is 3. The molecule has 0 aromatic heterocycles. The van der Waals surface area contributed by atoms with Gasteiger partial charge in [0.15, 0.2) is 0 Å². The average molecular weight is 285 g/mol. The van der Waals surface area contributed by atoms with Gasteiger partial charge in [-0.3, -0.25) is 9.59 Å². The Kier molecular flexibility index (Phi) is 3.33. The first-order chi connectivity index (χ1) is 10.1. The Bertz CT molecular complexity index is 635. The van der Waals surface area contributed by atoms with E-state index in [1.54, 1.807) is 37.3 Å². The van der Waals surface area contributed by atoms with Crippen LogP contribution in [-0.2, 0) is 19.1 Å². The number of allylic oxidation sites excluding steroid dienone is 1. The highest BCUT2D eigenvalue weighted by molar-refractivity contribution is 6.25. The van der Waals surface area contributed by atoms with Crippen LogP contribution in [0.3, 0.4) is 0 Å². The molecule has 1 aliphatic carbocycles. The average Bonchev–Trinajstić information content (AvgIpc) is 3.02. The molecule has 1 fully saturated rings. The van der Waals surface area contributed by atoms with Gasteiger partial charge in [-0.1, -0.05) is 24.3 Å². The number of amides is 2. The molecule has 1 saturated heterocycles. The number of imide groups is 1. The molecule has 5 heteroatoms. The maximum atomic E-state index is 12.6. The predicted octanol–water partition coefficient (Wildman–Crippen LogP) is 1.69. The lowest BCUT2D eigenvalue weighted by Gasteiger charge is -2.15. The molecule has 2 amide bonds. The molecule has 1 aromatic carbocycles. The van der Waals surface area contributed by atoms with E-state index in [-0.39, 0.29) is 18.4 Å². The fraction of sp³-hybridized carbons (Fsp3) is 0.312. The number of ether oxygens (including phenoxy) is 1. The van der Waals surface area contributed by atoms with Crippen molar-refractivity contribution in [3.8, 4) is 0 Å². The van der Waals surface area contributed by atoms with Crippen molar-refractivity contribution in [3.05, 3.63) is 42.0 Å². The van der Waals surface area contributed by atoms with Gasteiger partial charge in [0.25, 0.3) is 0 Å². The zero-order valence-electron chi connectivity index (χ0n) is 11.6. The van der Waals surface area contributed by atoms with E-state index in [0.717, 1.165) is 0 Å². The molecule has 0 saturated carbocycles. The summed E-state index contributed by atoms with van der Waals surface area (Å²) in [5.41, 5.74) is 0.865. The summed E-state index contributed by atoms with van der Waals surface area (Å²) in [5, 5.41) is 0. The van der Waals surface area contributed by atoms with Crippen molar-refractivity contribution in [1.29, 1.82) is 0 Å². The summed E-state index contributed by atoms with van der Waals surface area (Å²) >= 11 is 0. The van der Waals surface area contributed by atoms with Crippen LogP contribution < -0.4 is 4.90 Å². The van der Waals surface area contributed by atoms with Crippen LogP contribution >= 0.6 is 0 Å². The Balaban J connectivity index is 1.91. The topological polar surface area (TPSA) is 63.7 Å². The third-order valence-corrected chi connectivity index (χ3v) is 3.88. The number of hydrogen-bond donors (Lipinski definition) is 0. The smallest absolute Gasteiger partial charge is 0.334 e. The molecule has 0 bridgehead atoms. The van der Waals surface area contributed by atoms with Crippen molar-refractivity contribution in [2.24, 2.45) is 11.8 Å². The van der Waals surface area contributed by atoms with Crippen LogP contribution in [0.1, 0.15) is 13.3 Å². The molecule has 0 unspecified atom stereocenters. The van der Waals surface area contributed by atoms with Crippen molar-refractivity contribution in [1.82, 2.24) is 0 Å². The van der Waals surface area contributed by atoms with Crippen molar-refractivity contribution in [2.75, 3.05) is 11.5 Å². The van der Waals surface area contributed by atoms with Gasteiger partial charge >= 0.3 is 5.97 Å². The minimum atomic E-state index is -0.697. The molecule has 1 aromatic rings. The number of anilines is 1. The van der Waals surface area contributed by atoms with Crippen LogP contribution in [0.2, 0.25) is 0 Å². The summed E-state index contributed by atoms with van der Waals surface area (Å²) in [6.45, 7) is 1.96. The minimum absolute atomic E-state index is 0.244. The van der Waals surface area contributed by atoms with Crippen molar-refractivity contribution >= 4 is 23.5 Å². The molecule has 3 rings (SSSR count). The zero-order valence-corrected chi connectivity index (χ0v) is 11.6. The van der Waals surface area contributed by atoms with Gasteiger partial charge in [-0.25, -0.2) is 9.69 Å². The van der Waals surface area contributed by atoms with Gasteiger partial charge in [0.05, 0.1) is 24.1 Å². The number of nitrogens with zero attached hydrogens (tertiary/aromatic N) is 1. The van der Waals surface area contributed by atoms with Gasteiger partial charge in [-0.15, -0.1) is 0 Å². The monoisotopic (exact) mass is 285 g/mol. The third kappa shape index (κ3) is 2.05. The van der Waals surface area contributed by atoms with Gasteiger partial charge < -0.3 is 4.74 Å². The Morgan fingerprint density at radius 1 is 1.24 bits per heavy atom. The highest BCUT2D eigenvalue weighted by Crippen LogP contribution is 2.42. The Labute approximate surface area is 122 Å². The molecule has 5 nitrogen and oxygen atoms in total. The number of benzene rings is 1. The van der Waals surface area contributed by atoms with Crippen LogP contribution in [0.5, 0.6) is 0 Å². The molecular weight excluding hydrogens is 270 g/mol. The van der Waals surface area contributed by atoms with E-state index in [9.17, 15) is 14.4 Å². The minimum Gasteiger partial charge on any atom is -0.463 e. The first-order valence-corrected chi connectivity index (χ1v) is 6.95. The molecule has 0 spiro atoms. The van der Waals surface area contributed by atoms with Crippen LogP contribution in [0.25, 0.3) is 0 Å². The molecule has 2 aliphatic rings. The summed E-state index contributed by atoms with van der Waals surface area (Å²) < 4.78 is 4.97. The molecule has 1 heterocycles. The first kappa shape index (κ1) is 13.5. The van der Waals surface area contributed by atoms with Gasteiger partial charge in [-0.05, 0) is 25.5 Å². The second-order valence-corrected chi connectivity index (χ2v) is 5.05. The molecule has 0 N–H and O–H groups in total. The SMILES string of the molecule is CCOC(=O)C1=CC[C@@H]2C(=O)N(c3ccccc3)C(=O)[C@H]12. The first-order valence-electron chi connectivity index (χ1n) is 6.95. The molecule has 0 radical (unpaired) electrons. The Hall–Kier alpha value is -2.43. The van der Waals surface area contributed by atoms with Gasteiger partial charge in [0.1, 0.15) is 0 Å². The highest BCUT2D eigenvalue weighted by atomic mass is 16.5. The van der Waals surface area contributed by atoms with E-state index in [0.29, 0.717) is 17.7 Å². The van der Waals surface area contributed by atoms with E-state index in [1.807, 2.05) is 6.07 Å². The lowest BCUT2D eigenvalue weighted by molar-refractivity contribution is -0.140. The van der Waals surface area contributed by atoms with Crippen LogP contribution in [0.15, 0.2) is 42.0 Å². The maximum absolute atomic E-state index is 12.6. The van der Waals surface area contributed by atoms with E-state index < -0.39 is 17.8 Å². The summed E-state index contributed by atoms with van der Waals surface area (Å²) in [7, 11) is 0. The summed E-state index contributed by atoms with van der Waals surface area (Å²) in [6.07, 6.45) is 2.07. The quantitative estimate of drug-likeness (QED) is 0.626. The largest absolute Gasteiger partial charge is 0.463 e. The lowest BCUT2D eigenvalue weighted by atomic mass is 9.94. The second kappa shape index (κ2) is 5.16. The third-order valence-electron chi connectivity index (χ3n) is 3.88. The number of carbonyl (C=O) groups excluding carboxylic acids is 3. The number of rotatable bonds is 3. The molecule has 1 aliphatic heterocycles. The molecule has 108 valence electrons. The standard InChI is InChI=1S/C16H15NO4/c1-2-21-16(20)12-9-8-11-13(12)15(19)17(14(11)18)10-6-4-3-5-7-10/h3-7,9,11,13H,2,8H2,1H3/t11-,13-/m0/s1. The summed E-state index contributed by atoms with van der Waals surface area (Å²) in [5.74, 6) is -2.25. The van der Waals surface area contributed by atoms with Crippen LogP contribution in [-0.4, -0.2) is 24.4 Å². The Morgan fingerprint density at radius 2 is 1.95 bits per heavy atom. The fourth-order valence-electron chi connectivity index (χ4n) is 2.95.